The predicted octanol–water partition coefficient (Wildman–Crippen LogP) is 10.8. The third-order valence-corrected chi connectivity index (χ3v) is 8.97. The molecular weight excluding hydrogens is 494 g/mol. The van der Waals surface area contributed by atoms with E-state index in [2.05, 4.69) is 160 Å². The Bertz CT molecular complexity index is 1920. The quantitative estimate of drug-likeness (QED) is 0.215. The van der Waals surface area contributed by atoms with Crippen molar-refractivity contribution in [3.05, 3.63) is 161 Å². The van der Waals surface area contributed by atoms with E-state index in [0.717, 1.165) is 6.42 Å². The fourth-order valence-electron chi connectivity index (χ4n) is 6.85. The van der Waals surface area contributed by atoms with Crippen LogP contribution in [0.15, 0.2) is 127 Å². The van der Waals surface area contributed by atoms with Gasteiger partial charge in [-0.25, -0.2) is 0 Å². The van der Waals surface area contributed by atoms with E-state index in [1.165, 1.54) is 72.3 Å². The Hall–Kier alpha value is -4.62. The molecule has 0 spiro atoms. The highest BCUT2D eigenvalue weighted by Gasteiger charge is 2.42. The fourth-order valence-corrected chi connectivity index (χ4v) is 6.85. The highest BCUT2D eigenvalue weighted by molar-refractivity contribution is 6.10. The summed E-state index contributed by atoms with van der Waals surface area (Å²) in [5, 5.41) is 2.56. The van der Waals surface area contributed by atoms with E-state index in [1.54, 1.807) is 0 Å². The molecule has 0 radical (unpaired) electrons. The lowest BCUT2D eigenvalue weighted by Crippen LogP contribution is -2.23. The summed E-state index contributed by atoms with van der Waals surface area (Å²) >= 11 is 0. The topological polar surface area (TPSA) is 3.24 Å². The first-order valence-corrected chi connectivity index (χ1v) is 14.7. The number of aryl methyl sites for hydroxylation is 3. The second kappa shape index (κ2) is 9.78. The zero-order valence-corrected chi connectivity index (χ0v) is 24.3. The summed E-state index contributed by atoms with van der Waals surface area (Å²) in [4.78, 5) is 2.47. The highest BCUT2D eigenvalue weighted by Crippen LogP contribution is 2.57. The van der Waals surface area contributed by atoms with E-state index in [0.29, 0.717) is 0 Å². The Kier molecular flexibility index (Phi) is 6.05. The van der Waals surface area contributed by atoms with Gasteiger partial charge in [0.25, 0.3) is 0 Å². The van der Waals surface area contributed by atoms with Gasteiger partial charge in [0.05, 0.1) is 5.69 Å². The maximum atomic E-state index is 2.49. The molecule has 1 aliphatic carbocycles. The fraction of sp³-hybridized carbons (Fsp3) is 0.150. The average Bonchev–Trinajstić information content (AvgIpc) is 3.26. The molecule has 200 valence electrons. The molecule has 41 heavy (non-hydrogen) atoms. The summed E-state index contributed by atoms with van der Waals surface area (Å²) < 4.78 is 0. The first-order valence-electron chi connectivity index (χ1n) is 14.7. The van der Waals surface area contributed by atoms with Crippen molar-refractivity contribution < 1.29 is 0 Å². The molecule has 0 saturated carbocycles. The summed E-state index contributed by atoms with van der Waals surface area (Å²) in [6.45, 7) is 9.03. The minimum atomic E-state index is -0.278. The number of nitrogens with zero attached hydrogens (tertiary/aromatic N) is 1. The molecule has 1 aliphatic rings. The van der Waals surface area contributed by atoms with E-state index >= 15 is 0 Å². The largest absolute Gasteiger partial charge is 0.310 e. The smallest absolute Gasteiger partial charge is 0.0543 e. The van der Waals surface area contributed by atoms with Crippen LogP contribution in [0.4, 0.5) is 17.1 Å². The Balaban J connectivity index is 1.60. The SMILES string of the molecule is CCc1cccc(N(c2cccc(C)c2)c2cc3c(c4ccccc24)-c2ccc(C)cc2C3(C)c2ccccc2)c1. The van der Waals surface area contributed by atoms with Gasteiger partial charge < -0.3 is 4.90 Å². The minimum Gasteiger partial charge on any atom is -0.310 e. The van der Waals surface area contributed by atoms with Crippen molar-refractivity contribution in [2.45, 2.75) is 39.5 Å². The molecule has 0 heterocycles. The van der Waals surface area contributed by atoms with Gasteiger partial charge in [-0.1, -0.05) is 110 Å². The normalized spacial score (nSPS) is 15.5. The minimum absolute atomic E-state index is 0.278. The molecule has 7 rings (SSSR count). The number of fused-ring (bicyclic) bond motifs is 5. The van der Waals surface area contributed by atoms with Crippen LogP contribution in [0.25, 0.3) is 21.9 Å². The third kappa shape index (κ3) is 3.99. The lowest BCUT2D eigenvalue weighted by molar-refractivity contribution is 0.713. The second-order valence-electron chi connectivity index (χ2n) is 11.6. The number of anilines is 3. The lowest BCUT2D eigenvalue weighted by atomic mass is 9.73. The maximum absolute atomic E-state index is 2.49. The molecule has 6 aromatic rings. The Morgan fingerprint density at radius 2 is 1.27 bits per heavy atom. The zero-order chi connectivity index (χ0) is 28.1. The van der Waals surface area contributed by atoms with Crippen molar-refractivity contribution in [2.75, 3.05) is 4.90 Å². The summed E-state index contributed by atoms with van der Waals surface area (Å²) in [5.74, 6) is 0. The highest BCUT2D eigenvalue weighted by atomic mass is 15.1. The molecule has 6 aromatic carbocycles. The van der Waals surface area contributed by atoms with Crippen molar-refractivity contribution in [3.63, 3.8) is 0 Å². The molecule has 0 saturated heterocycles. The van der Waals surface area contributed by atoms with Gasteiger partial charge in [-0.15, -0.1) is 0 Å². The maximum Gasteiger partial charge on any atom is 0.0543 e. The van der Waals surface area contributed by atoms with Gasteiger partial charge in [-0.05, 0) is 102 Å². The van der Waals surface area contributed by atoms with Crippen LogP contribution in [0.5, 0.6) is 0 Å². The van der Waals surface area contributed by atoms with Crippen molar-refractivity contribution >= 4 is 27.8 Å². The molecule has 0 N–H and O–H groups in total. The molecule has 1 heteroatoms. The number of benzene rings is 6. The summed E-state index contributed by atoms with van der Waals surface area (Å²) in [7, 11) is 0. The molecule has 0 aromatic heterocycles. The van der Waals surface area contributed by atoms with Gasteiger partial charge >= 0.3 is 0 Å². The Morgan fingerprint density at radius 1 is 0.585 bits per heavy atom. The predicted molar refractivity (Wildman–Crippen MR) is 175 cm³/mol. The van der Waals surface area contributed by atoms with Gasteiger partial charge in [-0.2, -0.15) is 0 Å². The van der Waals surface area contributed by atoms with E-state index in [1.807, 2.05) is 0 Å². The van der Waals surface area contributed by atoms with Gasteiger partial charge in [0, 0.05) is 22.2 Å². The number of hydrogen-bond acceptors (Lipinski definition) is 1. The van der Waals surface area contributed by atoms with Crippen LogP contribution in [0.1, 0.15) is 47.2 Å². The van der Waals surface area contributed by atoms with E-state index in [-0.39, 0.29) is 5.41 Å². The van der Waals surface area contributed by atoms with Crippen LogP contribution >= 0.6 is 0 Å². The molecule has 0 fully saturated rings. The van der Waals surface area contributed by atoms with Crippen molar-refractivity contribution in [1.82, 2.24) is 0 Å². The molecule has 0 amide bonds. The van der Waals surface area contributed by atoms with Crippen molar-refractivity contribution in [1.29, 1.82) is 0 Å². The monoisotopic (exact) mass is 529 g/mol. The Morgan fingerprint density at radius 3 is 2.02 bits per heavy atom. The van der Waals surface area contributed by atoms with Gasteiger partial charge in [0.15, 0.2) is 0 Å². The lowest BCUT2D eigenvalue weighted by Gasteiger charge is -2.32. The van der Waals surface area contributed by atoms with Crippen molar-refractivity contribution in [2.24, 2.45) is 0 Å². The van der Waals surface area contributed by atoms with Crippen LogP contribution in [0, 0.1) is 13.8 Å². The summed E-state index contributed by atoms with van der Waals surface area (Å²) in [5.41, 5.74) is 14.0. The van der Waals surface area contributed by atoms with Gasteiger partial charge in [0.2, 0.25) is 0 Å². The average molecular weight is 530 g/mol. The number of rotatable bonds is 5. The summed E-state index contributed by atoms with van der Waals surface area (Å²) in [6.07, 6.45) is 1.00. The van der Waals surface area contributed by atoms with Crippen LogP contribution in [0.2, 0.25) is 0 Å². The molecule has 1 nitrogen and oxygen atoms in total. The molecular formula is C40H35N. The third-order valence-electron chi connectivity index (χ3n) is 8.97. The van der Waals surface area contributed by atoms with E-state index < -0.39 is 0 Å². The van der Waals surface area contributed by atoms with Crippen molar-refractivity contribution in [3.8, 4) is 11.1 Å². The molecule has 1 unspecified atom stereocenters. The van der Waals surface area contributed by atoms with E-state index in [9.17, 15) is 0 Å². The molecule has 1 atom stereocenters. The molecule has 0 aliphatic heterocycles. The van der Waals surface area contributed by atoms with E-state index in [4.69, 9.17) is 0 Å². The zero-order valence-electron chi connectivity index (χ0n) is 24.3. The second-order valence-corrected chi connectivity index (χ2v) is 11.6. The Labute approximate surface area is 243 Å². The summed E-state index contributed by atoms with van der Waals surface area (Å²) in [6, 6.07) is 47.4. The van der Waals surface area contributed by atoms with Crippen LogP contribution < -0.4 is 4.90 Å². The first-order chi connectivity index (χ1) is 20.0. The van der Waals surface area contributed by atoms with Gasteiger partial charge in [0.1, 0.15) is 0 Å². The van der Waals surface area contributed by atoms with Gasteiger partial charge in [-0.3, -0.25) is 0 Å². The van der Waals surface area contributed by atoms with Crippen LogP contribution in [-0.4, -0.2) is 0 Å². The first kappa shape index (κ1) is 25.4. The van der Waals surface area contributed by atoms with Crippen LogP contribution in [0.3, 0.4) is 0 Å². The standard InChI is InChI=1S/C40H35N/c1-5-29-14-12-18-32(25-29)41(31-17-11-13-27(2)23-31)38-26-37-39(34-20-10-9-19-33(34)38)35-22-21-28(3)24-36(35)40(37,4)30-15-7-6-8-16-30/h6-26H,5H2,1-4H3. The van der Waals surface area contributed by atoms with Crippen LogP contribution in [-0.2, 0) is 11.8 Å². The number of hydrogen-bond donors (Lipinski definition) is 0. The molecule has 0 bridgehead atoms.